The number of thioether (sulfide) groups is 1. The molecule has 7 nitrogen and oxygen atoms in total. The molecule has 2 N–H and O–H groups in total. The summed E-state index contributed by atoms with van der Waals surface area (Å²) >= 11 is 1.30. The molecule has 29 heavy (non-hydrogen) atoms. The zero-order valence-electron chi connectivity index (χ0n) is 16.0. The quantitative estimate of drug-likeness (QED) is 0.451. The lowest BCUT2D eigenvalue weighted by Gasteiger charge is -2.16. The number of fused-ring (bicyclic) bond motifs is 1. The second-order valence-corrected chi connectivity index (χ2v) is 8.00. The van der Waals surface area contributed by atoms with Crippen molar-refractivity contribution in [3.05, 3.63) is 53.3 Å². The van der Waals surface area contributed by atoms with Crippen LogP contribution in [0.1, 0.15) is 40.7 Å². The number of rotatable bonds is 8. The van der Waals surface area contributed by atoms with Crippen LogP contribution in [0, 0.1) is 0 Å². The molecular formula is C21H22N4O3S. The number of nitrogens with zero attached hydrogens (tertiary/aromatic N) is 3. The van der Waals surface area contributed by atoms with E-state index in [1.165, 1.54) is 35.7 Å². The molecule has 1 amide bonds. The van der Waals surface area contributed by atoms with Crippen molar-refractivity contribution in [2.45, 2.75) is 43.8 Å². The van der Waals surface area contributed by atoms with Crippen LogP contribution < -0.4 is 5.73 Å². The number of ketones is 1. The molecule has 150 valence electrons. The van der Waals surface area contributed by atoms with Crippen molar-refractivity contribution in [3.63, 3.8) is 0 Å². The van der Waals surface area contributed by atoms with Crippen molar-refractivity contribution >= 4 is 23.5 Å². The Morgan fingerprint density at radius 1 is 1.14 bits per heavy atom. The van der Waals surface area contributed by atoms with Crippen LogP contribution >= 0.6 is 11.8 Å². The average molecular weight is 410 g/mol. The van der Waals surface area contributed by atoms with Gasteiger partial charge in [0.05, 0.1) is 12.0 Å². The van der Waals surface area contributed by atoms with E-state index in [0.717, 1.165) is 18.4 Å². The Morgan fingerprint density at radius 2 is 1.97 bits per heavy atom. The lowest BCUT2D eigenvalue weighted by Crippen LogP contribution is -2.15. The van der Waals surface area contributed by atoms with Crippen molar-refractivity contribution < 1.29 is 14.0 Å². The number of primary amides is 1. The van der Waals surface area contributed by atoms with Crippen LogP contribution in [-0.2, 0) is 24.2 Å². The van der Waals surface area contributed by atoms with Gasteiger partial charge >= 0.3 is 0 Å². The van der Waals surface area contributed by atoms with Crippen LogP contribution in [0.3, 0.4) is 0 Å². The van der Waals surface area contributed by atoms with Gasteiger partial charge in [-0.05, 0) is 55.0 Å². The SMILES string of the molecule is NC(=O)CCn1c(SCC(=O)c2ccc3c(c2)CCCC3)nnc1-c1ccco1. The first-order chi connectivity index (χ1) is 14.1. The number of aromatic nitrogens is 3. The molecule has 0 saturated carbocycles. The van der Waals surface area contributed by atoms with E-state index in [2.05, 4.69) is 16.3 Å². The van der Waals surface area contributed by atoms with Gasteiger partial charge in [-0.2, -0.15) is 0 Å². The Kier molecular flexibility index (Phi) is 5.80. The Morgan fingerprint density at radius 3 is 2.72 bits per heavy atom. The molecule has 1 aliphatic rings. The van der Waals surface area contributed by atoms with Crippen LogP contribution in [0.5, 0.6) is 0 Å². The number of carbonyl (C=O) groups is 2. The third-order valence-corrected chi connectivity index (χ3v) is 6.01. The summed E-state index contributed by atoms with van der Waals surface area (Å²) in [6.45, 7) is 0.327. The van der Waals surface area contributed by atoms with Gasteiger partial charge in [0.1, 0.15) is 0 Å². The standard InChI is InChI=1S/C21H22N4O3S/c22-19(27)9-10-25-20(18-6-3-11-28-18)23-24-21(25)29-13-17(26)16-8-7-14-4-1-2-5-15(14)12-16/h3,6-8,11-12H,1-2,4-5,9-10,13H2,(H2,22,27). The van der Waals surface area contributed by atoms with Crippen LogP contribution in [0.15, 0.2) is 46.2 Å². The van der Waals surface area contributed by atoms with E-state index >= 15 is 0 Å². The molecule has 2 aromatic heterocycles. The van der Waals surface area contributed by atoms with E-state index in [4.69, 9.17) is 10.2 Å². The molecule has 0 radical (unpaired) electrons. The number of benzene rings is 1. The minimum atomic E-state index is -0.412. The molecule has 0 atom stereocenters. The molecule has 1 aliphatic carbocycles. The Labute approximate surface area is 172 Å². The van der Waals surface area contributed by atoms with Gasteiger partial charge in [-0.1, -0.05) is 23.9 Å². The summed E-state index contributed by atoms with van der Waals surface area (Å²) in [6, 6.07) is 9.56. The van der Waals surface area contributed by atoms with Crippen molar-refractivity contribution in [3.8, 4) is 11.6 Å². The summed E-state index contributed by atoms with van der Waals surface area (Å²) in [6.07, 6.45) is 6.23. The van der Waals surface area contributed by atoms with Gasteiger partial charge < -0.3 is 10.2 Å². The highest BCUT2D eigenvalue weighted by molar-refractivity contribution is 7.99. The van der Waals surface area contributed by atoms with E-state index in [0.29, 0.717) is 23.3 Å². The fraction of sp³-hybridized carbons (Fsp3) is 0.333. The summed E-state index contributed by atoms with van der Waals surface area (Å²) in [5.74, 6) is 0.943. The molecule has 0 spiro atoms. The normalized spacial score (nSPS) is 13.2. The number of Topliss-reactive ketones (excluding diaryl/α,β-unsaturated/α-hetero) is 1. The maximum absolute atomic E-state index is 12.7. The molecule has 4 rings (SSSR count). The zero-order chi connectivity index (χ0) is 20.2. The highest BCUT2D eigenvalue weighted by Crippen LogP contribution is 2.26. The summed E-state index contributed by atoms with van der Waals surface area (Å²) in [7, 11) is 0. The lowest BCUT2D eigenvalue weighted by atomic mass is 9.90. The number of hydrogen-bond acceptors (Lipinski definition) is 6. The van der Waals surface area contributed by atoms with Crippen molar-refractivity contribution in [2.75, 3.05) is 5.75 Å². The Balaban J connectivity index is 1.50. The summed E-state index contributed by atoms with van der Waals surface area (Å²) in [4.78, 5) is 24.0. The molecule has 0 unspecified atom stereocenters. The largest absolute Gasteiger partial charge is 0.461 e. The monoisotopic (exact) mass is 410 g/mol. The topological polar surface area (TPSA) is 104 Å². The molecule has 0 saturated heterocycles. The summed E-state index contributed by atoms with van der Waals surface area (Å²) in [5.41, 5.74) is 8.68. The molecule has 2 heterocycles. The Hall–Kier alpha value is -2.87. The van der Waals surface area contributed by atoms with Gasteiger partial charge in [-0.15, -0.1) is 10.2 Å². The van der Waals surface area contributed by atoms with Gasteiger partial charge in [-0.25, -0.2) is 0 Å². The second-order valence-electron chi connectivity index (χ2n) is 7.05. The van der Waals surface area contributed by atoms with Crippen molar-refractivity contribution in [2.24, 2.45) is 5.73 Å². The number of aryl methyl sites for hydroxylation is 2. The average Bonchev–Trinajstić information content (AvgIpc) is 3.39. The third-order valence-electron chi connectivity index (χ3n) is 5.04. The molecular weight excluding hydrogens is 388 g/mol. The van der Waals surface area contributed by atoms with E-state index in [1.54, 1.807) is 23.0 Å². The first kappa shape index (κ1) is 19.4. The predicted octanol–water partition coefficient (Wildman–Crippen LogP) is 3.27. The maximum atomic E-state index is 12.7. The van der Waals surface area contributed by atoms with Gasteiger partial charge in [-0.3, -0.25) is 14.2 Å². The number of carbonyl (C=O) groups excluding carboxylic acids is 2. The fourth-order valence-corrected chi connectivity index (χ4v) is 4.39. The second kappa shape index (κ2) is 8.65. The van der Waals surface area contributed by atoms with E-state index in [1.807, 2.05) is 12.1 Å². The van der Waals surface area contributed by atoms with Crippen molar-refractivity contribution in [1.29, 1.82) is 0 Å². The van der Waals surface area contributed by atoms with Gasteiger partial charge in [0.15, 0.2) is 22.5 Å². The molecule has 1 aromatic carbocycles. The first-order valence-electron chi connectivity index (χ1n) is 9.65. The smallest absolute Gasteiger partial charge is 0.219 e. The van der Waals surface area contributed by atoms with E-state index in [9.17, 15) is 9.59 Å². The predicted molar refractivity (Wildman–Crippen MR) is 110 cm³/mol. The van der Waals surface area contributed by atoms with Crippen LogP contribution in [0.2, 0.25) is 0 Å². The zero-order valence-corrected chi connectivity index (χ0v) is 16.8. The van der Waals surface area contributed by atoms with E-state index < -0.39 is 5.91 Å². The number of amides is 1. The minimum absolute atomic E-state index is 0.0485. The summed E-state index contributed by atoms with van der Waals surface area (Å²) in [5, 5.41) is 8.94. The van der Waals surface area contributed by atoms with Gasteiger partial charge in [0, 0.05) is 18.5 Å². The Bertz CT molecular complexity index is 1030. The molecule has 0 aliphatic heterocycles. The highest BCUT2D eigenvalue weighted by Gasteiger charge is 2.19. The number of hydrogen-bond donors (Lipinski definition) is 1. The molecule has 3 aromatic rings. The summed E-state index contributed by atoms with van der Waals surface area (Å²) < 4.78 is 7.18. The minimum Gasteiger partial charge on any atom is -0.461 e. The maximum Gasteiger partial charge on any atom is 0.219 e. The van der Waals surface area contributed by atoms with E-state index in [-0.39, 0.29) is 18.0 Å². The lowest BCUT2D eigenvalue weighted by molar-refractivity contribution is -0.118. The third kappa shape index (κ3) is 4.42. The number of nitrogens with two attached hydrogens (primary N) is 1. The van der Waals surface area contributed by atoms with Gasteiger partial charge in [0.2, 0.25) is 5.91 Å². The van der Waals surface area contributed by atoms with Crippen LogP contribution in [0.4, 0.5) is 0 Å². The van der Waals surface area contributed by atoms with Gasteiger partial charge in [0.25, 0.3) is 0 Å². The van der Waals surface area contributed by atoms with Crippen molar-refractivity contribution in [1.82, 2.24) is 14.8 Å². The molecule has 0 bridgehead atoms. The fourth-order valence-electron chi connectivity index (χ4n) is 3.53. The molecule has 8 heteroatoms. The molecule has 0 fully saturated rings. The van der Waals surface area contributed by atoms with Crippen LogP contribution in [-0.4, -0.2) is 32.2 Å². The highest BCUT2D eigenvalue weighted by atomic mass is 32.2. The van der Waals surface area contributed by atoms with Crippen LogP contribution in [0.25, 0.3) is 11.6 Å². The first-order valence-corrected chi connectivity index (χ1v) is 10.6. The number of furan rings is 1.